The van der Waals surface area contributed by atoms with Gasteiger partial charge < -0.3 is 0 Å². The van der Waals surface area contributed by atoms with Gasteiger partial charge in [0.05, 0.1) is 5.52 Å². The van der Waals surface area contributed by atoms with Crippen molar-refractivity contribution in [1.29, 1.82) is 0 Å². The van der Waals surface area contributed by atoms with Gasteiger partial charge in [0.25, 0.3) is 0 Å². The molecule has 4 aromatic carbocycles. The van der Waals surface area contributed by atoms with E-state index in [1.807, 2.05) is 0 Å². The fourth-order valence-corrected chi connectivity index (χ4v) is 5.63. The number of nitrogens with zero attached hydrogens (tertiary/aromatic N) is 1. The van der Waals surface area contributed by atoms with Gasteiger partial charge in [0.2, 0.25) is 0 Å². The van der Waals surface area contributed by atoms with Crippen molar-refractivity contribution in [2.45, 2.75) is 38.5 Å². The van der Waals surface area contributed by atoms with E-state index in [1.54, 1.807) is 0 Å². The van der Waals surface area contributed by atoms with Crippen molar-refractivity contribution in [1.82, 2.24) is 4.98 Å². The van der Waals surface area contributed by atoms with Gasteiger partial charge in [0.15, 0.2) is 0 Å². The van der Waals surface area contributed by atoms with E-state index in [-0.39, 0.29) is 30.9 Å². The van der Waals surface area contributed by atoms with Gasteiger partial charge in [-0.15, -0.1) is 34.9 Å². The first-order valence-electron chi connectivity index (χ1n) is 11.3. The first-order chi connectivity index (χ1) is 15.4. The molecule has 6 rings (SSSR count). The van der Waals surface area contributed by atoms with Crippen LogP contribution in [0.5, 0.6) is 0 Å². The molecule has 1 aliphatic rings. The fraction of sp³-hybridized carbons (Fsp3) is 0.194. The average molecular weight is 605 g/mol. The van der Waals surface area contributed by atoms with E-state index in [1.165, 1.54) is 33.0 Å². The smallest absolute Gasteiger partial charge is 0.0595 e. The van der Waals surface area contributed by atoms with Gasteiger partial charge in [-0.05, 0) is 49.9 Å². The van der Waals surface area contributed by atoms with Gasteiger partial charge >= 0.3 is 0 Å². The zero-order valence-electron chi connectivity index (χ0n) is 19.4. The predicted octanol–water partition coefficient (Wildman–Crippen LogP) is 7.82. The second-order valence-electron chi connectivity index (χ2n) is 10.0. The minimum absolute atomic E-state index is 0. The molecular formula is C31H26IrN-. The van der Waals surface area contributed by atoms with Crippen LogP contribution in [-0.2, 0) is 30.9 Å². The standard InChI is InChI=1S/C31H26N.Ir/c1-30(2)24-14-9-13-23(28-17-16-20-10-7-8-15-27(20)32-28)29(24)31(3,4)26-19-22-12-6-5-11-21(22)18-25(26)30;/h5-12,14-19H,1-4H3;/q-1;. The molecular weight excluding hydrogens is 579 g/mol. The van der Waals surface area contributed by atoms with Gasteiger partial charge in [-0.1, -0.05) is 94.4 Å². The Morgan fingerprint density at radius 1 is 0.636 bits per heavy atom. The number of hydrogen-bond acceptors (Lipinski definition) is 1. The molecule has 0 bridgehead atoms. The van der Waals surface area contributed by atoms with Crippen molar-refractivity contribution in [2.24, 2.45) is 0 Å². The van der Waals surface area contributed by atoms with Gasteiger partial charge in [-0.2, -0.15) is 0 Å². The molecule has 0 fully saturated rings. The molecule has 1 heterocycles. The molecule has 1 aliphatic carbocycles. The molecule has 0 N–H and O–H groups in total. The van der Waals surface area contributed by atoms with Crippen LogP contribution in [-0.4, -0.2) is 4.98 Å². The topological polar surface area (TPSA) is 12.9 Å². The summed E-state index contributed by atoms with van der Waals surface area (Å²) in [5.74, 6) is 0. The first-order valence-corrected chi connectivity index (χ1v) is 11.3. The zero-order valence-corrected chi connectivity index (χ0v) is 21.8. The van der Waals surface area contributed by atoms with E-state index < -0.39 is 0 Å². The minimum Gasteiger partial charge on any atom is -0.296 e. The molecule has 0 amide bonds. The number of hydrogen-bond donors (Lipinski definition) is 0. The third kappa shape index (κ3) is 3.20. The van der Waals surface area contributed by atoms with E-state index in [9.17, 15) is 0 Å². The molecule has 0 spiro atoms. The molecule has 33 heavy (non-hydrogen) atoms. The van der Waals surface area contributed by atoms with E-state index >= 15 is 0 Å². The molecule has 1 nitrogen and oxygen atoms in total. The van der Waals surface area contributed by atoms with Crippen LogP contribution in [0.1, 0.15) is 49.9 Å². The second-order valence-corrected chi connectivity index (χ2v) is 10.0. The van der Waals surface area contributed by atoms with Crippen LogP contribution in [0.15, 0.2) is 84.9 Å². The van der Waals surface area contributed by atoms with Crippen LogP contribution in [0.4, 0.5) is 0 Å². The molecule has 2 heteroatoms. The van der Waals surface area contributed by atoms with Crippen LogP contribution in [0, 0.1) is 6.07 Å². The molecule has 1 radical (unpaired) electrons. The summed E-state index contributed by atoms with van der Waals surface area (Å²) in [5, 5.41) is 3.76. The number of rotatable bonds is 1. The summed E-state index contributed by atoms with van der Waals surface area (Å²) in [6.07, 6.45) is 0. The van der Waals surface area contributed by atoms with Crippen LogP contribution in [0.25, 0.3) is 32.9 Å². The summed E-state index contributed by atoms with van der Waals surface area (Å²) >= 11 is 0. The molecule has 0 atom stereocenters. The number of fused-ring (bicyclic) bond motifs is 4. The Hall–Kier alpha value is -2.80. The average Bonchev–Trinajstić information content (AvgIpc) is 2.81. The number of benzene rings is 4. The van der Waals surface area contributed by atoms with E-state index in [4.69, 9.17) is 4.98 Å². The Morgan fingerprint density at radius 2 is 1.24 bits per heavy atom. The molecule has 0 aliphatic heterocycles. The second kappa shape index (κ2) is 7.62. The molecule has 165 valence electrons. The number of para-hydroxylation sites is 1. The monoisotopic (exact) mass is 605 g/mol. The Bertz CT molecular complexity index is 1530. The Labute approximate surface area is 209 Å². The Balaban J connectivity index is 0.00000228. The van der Waals surface area contributed by atoms with Gasteiger partial charge in [0, 0.05) is 20.1 Å². The van der Waals surface area contributed by atoms with E-state index in [0.29, 0.717) is 0 Å². The summed E-state index contributed by atoms with van der Waals surface area (Å²) in [5.41, 5.74) is 8.39. The van der Waals surface area contributed by atoms with E-state index in [2.05, 4.69) is 119 Å². The SMILES string of the molecule is CC1(C)c2cc3ccccc3cc2C(C)(C)c2c(-c3ccc4ccccc4n3)[c-]ccc21.[Ir]. The van der Waals surface area contributed by atoms with Crippen LogP contribution >= 0.6 is 0 Å². The van der Waals surface area contributed by atoms with Gasteiger partial charge in [-0.25, -0.2) is 0 Å². The molecule has 5 aromatic rings. The van der Waals surface area contributed by atoms with Crippen molar-refractivity contribution in [3.63, 3.8) is 0 Å². The van der Waals surface area contributed by atoms with Crippen LogP contribution in [0.3, 0.4) is 0 Å². The maximum Gasteiger partial charge on any atom is 0.0595 e. The summed E-state index contributed by atoms with van der Waals surface area (Å²) < 4.78 is 0. The molecule has 1 aromatic heterocycles. The quantitative estimate of drug-likeness (QED) is 0.178. The Morgan fingerprint density at radius 3 is 1.94 bits per heavy atom. The third-order valence-corrected chi connectivity index (χ3v) is 7.38. The predicted molar refractivity (Wildman–Crippen MR) is 134 cm³/mol. The fourth-order valence-electron chi connectivity index (χ4n) is 5.63. The molecule has 0 unspecified atom stereocenters. The van der Waals surface area contributed by atoms with E-state index in [0.717, 1.165) is 22.2 Å². The summed E-state index contributed by atoms with van der Waals surface area (Å²) in [4.78, 5) is 5.04. The largest absolute Gasteiger partial charge is 0.296 e. The minimum atomic E-state index is -0.162. The van der Waals surface area contributed by atoms with Crippen molar-refractivity contribution in [3.8, 4) is 11.3 Å². The van der Waals surface area contributed by atoms with Gasteiger partial charge in [-0.3, -0.25) is 4.98 Å². The Kier molecular flexibility index (Phi) is 5.08. The number of pyridine rings is 1. The maximum absolute atomic E-state index is 5.04. The van der Waals surface area contributed by atoms with Crippen molar-refractivity contribution < 1.29 is 20.1 Å². The summed E-state index contributed by atoms with van der Waals surface area (Å²) in [6.45, 7) is 9.42. The summed E-state index contributed by atoms with van der Waals surface area (Å²) in [6, 6.07) is 34.1. The van der Waals surface area contributed by atoms with Crippen LogP contribution in [0.2, 0.25) is 0 Å². The zero-order chi connectivity index (χ0) is 22.1. The van der Waals surface area contributed by atoms with Crippen molar-refractivity contribution in [3.05, 3.63) is 113 Å². The summed E-state index contributed by atoms with van der Waals surface area (Å²) in [7, 11) is 0. The van der Waals surface area contributed by atoms with Crippen molar-refractivity contribution >= 4 is 21.7 Å². The maximum atomic E-state index is 5.04. The third-order valence-electron chi connectivity index (χ3n) is 7.38. The van der Waals surface area contributed by atoms with Gasteiger partial charge in [0.1, 0.15) is 0 Å². The van der Waals surface area contributed by atoms with Crippen molar-refractivity contribution in [2.75, 3.05) is 0 Å². The first kappa shape index (κ1) is 22.0. The molecule has 0 saturated heterocycles. The van der Waals surface area contributed by atoms with Crippen LogP contribution < -0.4 is 0 Å². The number of aromatic nitrogens is 1. The molecule has 0 saturated carbocycles. The normalized spacial score (nSPS) is 15.5.